The molecule has 130 valence electrons. The number of aromatic nitrogens is 4. The zero-order chi connectivity index (χ0) is 18.3. The smallest absolute Gasteiger partial charge is 0.254 e. The van der Waals surface area contributed by atoms with Crippen LogP contribution >= 0.6 is 11.6 Å². The van der Waals surface area contributed by atoms with Crippen molar-refractivity contribution in [1.29, 1.82) is 0 Å². The fraction of sp³-hybridized carbons (Fsp3) is 0.150. The van der Waals surface area contributed by atoms with Gasteiger partial charge >= 0.3 is 0 Å². The van der Waals surface area contributed by atoms with Crippen LogP contribution in [0.4, 0.5) is 11.5 Å². The highest BCUT2D eigenvalue weighted by atomic mass is 35.5. The lowest BCUT2D eigenvalue weighted by molar-refractivity contribution is 0.939. The number of hydrogen-bond donors (Lipinski definition) is 1. The number of nitrogens with one attached hydrogen (secondary N) is 1. The Bertz CT molecular complexity index is 1100. The monoisotopic (exact) mass is 363 g/mol. The molecule has 26 heavy (non-hydrogen) atoms. The molecule has 5 nitrogen and oxygen atoms in total. The first kappa shape index (κ1) is 16.5. The van der Waals surface area contributed by atoms with E-state index in [-0.39, 0.29) is 0 Å². The molecule has 4 aromatic rings. The van der Waals surface area contributed by atoms with Crippen molar-refractivity contribution < 1.29 is 0 Å². The summed E-state index contributed by atoms with van der Waals surface area (Å²) in [6, 6.07) is 15.8. The van der Waals surface area contributed by atoms with Crippen molar-refractivity contribution >= 4 is 28.9 Å². The summed E-state index contributed by atoms with van der Waals surface area (Å²) in [4.78, 5) is 9.10. The Labute approximate surface area is 156 Å². The fourth-order valence-corrected chi connectivity index (χ4v) is 2.94. The maximum Gasteiger partial charge on any atom is 0.254 e. The predicted molar refractivity (Wildman–Crippen MR) is 105 cm³/mol. The largest absolute Gasteiger partial charge is 0.340 e. The molecule has 0 radical (unpaired) electrons. The van der Waals surface area contributed by atoms with E-state index < -0.39 is 0 Å². The third-order valence-corrected chi connectivity index (χ3v) is 4.45. The van der Waals surface area contributed by atoms with E-state index in [0.717, 1.165) is 28.3 Å². The van der Waals surface area contributed by atoms with Crippen LogP contribution in [0.5, 0.6) is 0 Å². The molecule has 0 amide bonds. The van der Waals surface area contributed by atoms with E-state index in [1.807, 2.05) is 62.4 Å². The highest BCUT2D eigenvalue weighted by molar-refractivity contribution is 6.30. The molecule has 0 spiro atoms. The Balaban J connectivity index is 1.81. The van der Waals surface area contributed by atoms with Gasteiger partial charge in [0.15, 0.2) is 5.82 Å². The van der Waals surface area contributed by atoms with Crippen LogP contribution < -0.4 is 5.32 Å². The van der Waals surface area contributed by atoms with Gasteiger partial charge in [0.1, 0.15) is 5.82 Å². The summed E-state index contributed by atoms with van der Waals surface area (Å²) in [5.74, 6) is 2.00. The molecule has 0 saturated carbocycles. The molecule has 0 aliphatic heterocycles. The maximum absolute atomic E-state index is 6.14. The number of anilines is 2. The minimum Gasteiger partial charge on any atom is -0.340 e. The number of nitrogens with zero attached hydrogens (tertiary/aromatic N) is 4. The maximum atomic E-state index is 6.14. The molecule has 2 aromatic carbocycles. The summed E-state index contributed by atoms with van der Waals surface area (Å²) in [5, 5.41) is 8.74. The molecule has 0 bridgehead atoms. The summed E-state index contributed by atoms with van der Waals surface area (Å²) >= 11 is 6.14. The average Bonchev–Trinajstić information content (AvgIpc) is 3.03. The molecular formula is C20H18ClN5. The Kier molecular flexibility index (Phi) is 4.09. The first-order valence-electron chi connectivity index (χ1n) is 8.34. The van der Waals surface area contributed by atoms with Gasteiger partial charge < -0.3 is 5.32 Å². The number of aryl methyl sites for hydroxylation is 3. The second-order valence-electron chi connectivity index (χ2n) is 6.38. The number of halogens is 1. The summed E-state index contributed by atoms with van der Waals surface area (Å²) in [6.07, 6.45) is 0. The van der Waals surface area contributed by atoms with Crippen LogP contribution in [-0.4, -0.2) is 19.6 Å². The van der Waals surface area contributed by atoms with Gasteiger partial charge in [0.05, 0.1) is 0 Å². The van der Waals surface area contributed by atoms with Crippen LogP contribution in [0, 0.1) is 20.8 Å². The standard InChI is InChI=1S/C20H18ClN5/c1-12-4-7-15(8-5-12)19-24-20-22-14(3)10-18(26(20)25-19)23-17-11-16(21)9-6-13(17)2/h4-11,23H,1-3H3. The lowest BCUT2D eigenvalue weighted by Crippen LogP contribution is -2.03. The van der Waals surface area contributed by atoms with E-state index >= 15 is 0 Å². The number of benzene rings is 2. The van der Waals surface area contributed by atoms with E-state index in [4.69, 9.17) is 11.6 Å². The third kappa shape index (κ3) is 3.13. The molecule has 1 N–H and O–H groups in total. The molecule has 0 atom stereocenters. The molecule has 2 aromatic heterocycles. The van der Waals surface area contributed by atoms with E-state index in [1.54, 1.807) is 4.52 Å². The Hall–Kier alpha value is -2.92. The van der Waals surface area contributed by atoms with Crippen molar-refractivity contribution in [1.82, 2.24) is 19.6 Å². The summed E-state index contributed by atoms with van der Waals surface area (Å²) in [5.41, 5.74) is 5.05. The molecule has 6 heteroatoms. The topological polar surface area (TPSA) is 55.1 Å². The van der Waals surface area contributed by atoms with Crippen molar-refractivity contribution in [2.45, 2.75) is 20.8 Å². The van der Waals surface area contributed by atoms with Crippen molar-refractivity contribution in [3.8, 4) is 11.4 Å². The van der Waals surface area contributed by atoms with Gasteiger partial charge in [-0.05, 0) is 38.5 Å². The average molecular weight is 364 g/mol. The molecule has 4 rings (SSSR count). The number of fused-ring (bicyclic) bond motifs is 1. The zero-order valence-corrected chi connectivity index (χ0v) is 15.5. The second kappa shape index (κ2) is 6.42. The Morgan fingerprint density at radius 1 is 0.923 bits per heavy atom. The van der Waals surface area contributed by atoms with E-state index in [9.17, 15) is 0 Å². The van der Waals surface area contributed by atoms with E-state index in [0.29, 0.717) is 16.6 Å². The van der Waals surface area contributed by atoms with Crippen LogP contribution in [0.2, 0.25) is 5.02 Å². The third-order valence-electron chi connectivity index (χ3n) is 4.21. The SMILES string of the molecule is Cc1ccc(-c2nc3nc(C)cc(Nc4cc(Cl)ccc4C)n3n2)cc1. The molecular weight excluding hydrogens is 346 g/mol. The van der Waals surface area contributed by atoms with Gasteiger partial charge in [-0.1, -0.05) is 47.5 Å². The first-order chi connectivity index (χ1) is 12.5. The van der Waals surface area contributed by atoms with Crippen molar-refractivity contribution in [3.63, 3.8) is 0 Å². The highest BCUT2D eigenvalue weighted by Crippen LogP contribution is 2.25. The van der Waals surface area contributed by atoms with E-state index in [1.165, 1.54) is 5.56 Å². The Morgan fingerprint density at radius 2 is 1.69 bits per heavy atom. The van der Waals surface area contributed by atoms with Crippen LogP contribution in [0.25, 0.3) is 17.2 Å². The van der Waals surface area contributed by atoms with E-state index in [2.05, 4.69) is 27.3 Å². The van der Waals surface area contributed by atoms with Gasteiger partial charge in [-0.2, -0.15) is 9.50 Å². The van der Waals surface area contributed by atoms with Gasteiger partial charge in [-0.25, -0.2) is 4.98 Å². The summed E-state index contributed by atoms with van der Waals surface area (Å²) < 4.78 is 1.72. The highest BCUT2D eigenvalue weighted by Gasteiger charge is 2.12. The molecule has 0 saturated heterocycles. The molecule has 0 unspecified atom stereocenters. The molecule has 0 aliphatic carbocycles. The minimum absolute atomic E-state index is 0.558. The van der Waals surface area contributed by atoms with Gasteiger partial charge in [0, 0.05) is 28.0 Å². The number of rotatable bonds is 3. The van der Waals surface area contributed by atoms with Crippen molar-refractivity contribution in [2.75, 3.05) is 5.32 Å². The Morgan fingerprint density at radius 3 is 2.46 bits per heavy atom. The van der Waals surface area contributed by atoms with Gasteiger partial charge in [0.25, 0.3) is 5.78 Å². The van der Waals surface area contributed by atoms with Crippen molar-refractivity contribution in [2.24, 2.45) is 0 Å². The van der Waals surface area contributed by atoms with Crippen LogP contribution in [0.15, 0.2) is 48.5 Å². The lowest BCUT2D eigenvalue weighted by Gasteiger charge is -2.11. The first-order valence-corrected chi connectivity index (χ1v) is 8.72. The molecule has 0 fully saturated rings. The zero-order valence-electron chi connectivity index (χ0n) is 14.8. The van der Waals surface area contributed by atoms with Gasteiger partial charge in [-0.3, -0.25) is 0 Å². The van der Waals surface area contributed by atoms with Gasteiger partial charge in [-0.15, -0.1) is 5.10 Å². The van der Waals surface area contributed by atoms with Crippen LogP contribution in [-0.2, 0) is 0 Å². The number of hydrogen-bond acceptors (Lipinski definition) is 4. The summed E-state index contributed by atoms with van der Waals surface area (Å²) in [7, 11) is 0. The normalized spacial score (nSPS) is 11.1. The molecule has 0 aliphatic rings. The van der Waals surface area contributed by atoms with Gasteiger partial charge in [0.2, 0.25) is 0 Å². The lowest BCUT2D eigenvalue weighted by atomic mass is 10.1. The second-order valence-corrected chi connectivity index (χ2v) is 6.82. The summed E-state index contributed by atoms with van der Waals surface area (Å²) in [6.45, 7) is 6.03. The van der Waals surface area contributed by atoms with Crippen LogP contribution in [0.3, 0.4) is 0 Å². The van der Waals surface area contributed by atoms with Crippen LogP contribution in [0.1, 0.15) is 16.8 Å². The molecule has 2 heterocycles. The quantitative estimate of drug-likeness (QED) is 0.549. The fourth-order valence-electron chi connectivity index (χ4n) is 2.77. The minimum atomic E-state index is 0.558. The predicted octanol–water partition coefficient (Wildman–Crippen LogP) is 5.11. The van der Waals surface area contributed by atoms with Crippen molar-refractivity contribution in [3.05, 3.63) is 70.4 Å².